The summed E-state index contributed by atoms with van der Waals surface area (Å²) in [6.45, 7) is 3.75. The van der Waals surface area contributed by atoms with Gasteiger partial charge in [0.2, 0.25) is 0 Å². The monoisotopic (exact) mass is 239 g/mol. The number of likely N-dealkylation sites (tertiary alicyclic amines) is 1. The Hall–Kier alpha value is -0.710. The minimum absolute atomic E-state index is 0.312. The number of hydrogen-bond acceptors (Lipinski definition) is 4. The molecule has 2 rings (SSSR count). The van der Waals surface area contributed by atoms with Gasteiger partial charge in [0.25, 0.3) is 0 Å². The largest absolute Gasteiger partial charge is 0.497 e. The Bertz CT molecular complexity index is 333. The molecule has 1 unspecified atom stereocenters. The fourth-order valence-electron chi connectivity index (χ4n) is 1.70. The van der Waals surface area contributed by atoms with Crippen molar-refractivity contribution in [3.05, 3.63) is 24.3 Å². The van der Waals surface area contributed by atoms with Crippen LogP contribution in [-0.4, -0.2) is 41.7 Å². The van der Waals surface area contributed by atoms with Gasteiger partial charge in [0.15, 0.2) is 0 Å². The topological polar surface area (TPSA) is 32.7 Å². The molecule has 0 radical (unpaired) electrons. The van der Waals surface area contributed by atoms with Crippen LogP contribution in [0.25, 0.3) is 0 Å². The van der Waals surface area contributed by atoms with Crippen LogP contribution < -0.4 is 4.74 Å². The zero-order valence-electron chi connectivity index (χ0n) is 9.59. The SMILES string of the molecule is COc1ccc(SC2CN(C(C)O)C2)cc1. The van der Waals surface area contributed by atoms with Gasteiger partial charge in [-0.1, -0.05) is 0 Å². The maximum Gasteiger partial charge on any atom is 0.118 e. The van der Waals surface area contributed by atoms with Crippen LogP contribution in [0.4, 0.5) is 0 Å². The summed E-state index contributed by atoms with van der Waals surface area (Å²) < 4.78 is 5.11. The van der Waals surface area contributed by atoms with E-state index >= 15 is 0 Å². The number of aliphatic hydroxyl groups excluding tert-OH is 1. The van der Waals surface area contributed by atoms with E-state index in [1.807, 2.05) is 30.8 Å². The number of aliphatic hydroxyl groups is 1. The predicted molar refractivity (Wildman–Crippen MR) is 65.9 cm³/mol. The molecule has 1 N–H and O–H groups in total. The van der Waals surface area contributed by atoms with E-state index in [4.69, 9.17) is 4.74 Å². The number of benzene rings is 1. The molecule has 0 aromatic heterocycles. The molecule has 1 aliphatic heterocycles. The summed E-state index contributed by atoms with van der Waals surface area (Å²) in [5, 5.41) is 9.92. The van der Waals surface area contributed by atoms with E-state index in [2.05, 4.69) is 17.0 Å². The minimum atomic E-state index is -0.312. The molecule has 16 heavy (non-hydrogen) atoms. The van der Waals surface area contributed by atoms with Gasteiger partial charge in [-0.05, 0) is 31.2 Å². The maximum atomic E-state index is 9.32. The van der Waals surface area contributed by atoms with Gasteiger partial charge in [0, 0.05) is 23.2 Å². The number of hydrogen-bond donors (Lipinski definition) is 1. The highest BCUT2D eigenvalue weighted by molar-refractivity contribution is 8.00. The van der Waals surface area contributed by atoms with Crippen LogP contribution in [0.15, 0.2) is 29.2 Å². The second kappa shape index (κ2) is 5.08. The molecule has 1 fully saturated rings. The molecule has 1 aliphatic rings. The van der Waals surface area contributed by atoms with Gasteiger partial charge in [-0.2, -0.15) is 0 Å². The maximum absolute atomic E-state index is 9.32. The number of ether oxygens (including phenoxy) is 1. The Morgan fingerprint density at radius 1 is 1.38 bits per heavy atom. The fraction of sp³-hybridized carbons (Fsp3) is 0.500. The lowest BCUT2D eigenvalue weighted by Crippen LogP contribution is -2.52. The first-order valence-electron chi connectivity index (χ1n) is 5.42. The van der Waals surface area contributed by atoms with E-state index in [-0.39, 0.29) is 6.23 Å². The summed E-state index contributed by atoms with van der Waals surface area (Å²) in [6.07, 6.45) is -0.312. The highest BCUT2D eigenvalue weighted by atomic mass is 32.2. The van der Waals surface area contributed by atoms with Crippen LogP contribution in [0.5, 0.6) is 5.75 Å². The smallest absolute Gasteiger partial charge is 0.118 e. The molecule has 1 saturated heterocycles. The number of thioether (sulfide) groups is 1. The summed E-state index contributed by atoms with van der Waals surface area (Å²) in [4.78, 5) is 3.32. The molecule has 1 aromatic rings. The molecule has 0 saturated carbocycles. The quantitative estimate of drug-likeness (QED) is 0.868. The van der Waals surface area contributed by atoms with E-state index in [0.717, 1.165) is 18.8 Å². The molecule has 88 valence electrons. The summed E-state index contributed by atoms with van der Waals surface area (Å²) in [5.41, 5.74) is 0. The molecular weight excluding hydrogens is 222 g/mol. The van der Waals surface area contributed by atoms with Crippen LogP contribution in [0.1, 0.15) is 6.92 Å². The zero-order valence-corrected chi connectivity index (χ0v) is 10.4. The lowest BCUT2D eigenvalue weighted by molar-refractivity contribution is -0.0167. The standard InChI is InChI=1S/C12H17NO2S/c1-9(14)13-7-12(8-13)16-11-5-3-10(15-2)4-6-11/h3-6,9,12,14H,7-8H2,1-2H3. The van der Waals surface area contributed by atoms with Crippen molar-refractivity contribution in [3.63, 3.8) is 0 Å². The summed E-state index contributed by atoms with van der Waals surface area (Å²) in [5.74, 6) is 0.892. The number of nitrogens with zero attached hydrogens (tertiary/aromatic N) is 1. The number of methoxy groups -OCH3 is 1. The van der Waals surface area contributed by atoms with Crippen LogP contribution in [0, 0.1) is 0 Å². The summed E-state index contributed by atoms with van der Waals surface area (Å²) in [7, 11) is 1.68. The Kier molecular flexibility index (Phi) is 3.74. The zero-order chi connectivity index (χ0) is 11.5. The molecular formula is C12H17NO2S. The third-order valence-corrected chi connectivity index (χ3v) is 3.94. The molecule has 4 heteroatoms. The summed E-state index contributed by atoms with van der Waals surface area (Å²) in [6, 6.07) is 8.12. The highest BCUT2D eigenvalue weighted by Gasteiger charge is 2.29. The second-order valence-corrected chi connectivity index (χ2v) is 5.37. The van der Waals surface area contributed by atoms with Crippen molar-refractivity contribution in [3.8, 4) is 5.75 Å². The van der Waals surface area contributed by atoms with Crippen LogP contribution in [-0.2, 0) is 0 Å². The van der Waals surface area contributed by atoms with Gasteiger partial charge >= 0.3 is 0 Å². The lowest BCUT2D eigenvalue weighted by atomic mass is 10.2. The Morgan fingerprint density at radius 2 is 2.00 bits per heavy atom. The highest BCUT2D eigenvalue weighted by Crippen LogP contribution is 2.31. The van der Waals surface area contributed by atoms with Crippen LogP contribution in [0.2, 0.25) is 0 Å². The van der Waals surface area contributed by atoms with E-state index in [9.17, 15) is 5.11 Å². The third-order valence-electron chi connectivity index (χ3n) is 2.77. The van der Waals surface area contributed by atoms with Crippen LogP contribution in [0.3, 0.4) is 0 Å². The summed E-state index contributed by atoms with van der Waals surface area (Å²) >= 11 is 1.86. The van der Waals surface area contributed by atoms with Crippen molar-refractivity contribution < 1.29 is 9.84 Å². The molecule has 0 bridgehead atoms. The van der Waals surface area contributed by atoms with Gasteiger partial charge < -0.3 is 9.84 Å². The molecule has 1 atom stereocenters. The fourth-order valence-corrected chi connectivity index (χ4v) is 2.91. The third kappa shape index (κ3) is 2.70. The van der Waals surface area contributed by atoms with Crippen LogP contribution >= 0.6 is 11.8 Å². The van der Waals surface area contributed by atoms with Gasteiger partial charge in [0.1, 0.15) is 12.0 Å². The Morgan fingerprint density at radius 3 is 2.50 bits per heavy atom. The van der Waals surface area contributed by atoms with Crippen molar-refractivity contribution in [2.45, 2.75) is 23.3 Å². The van der Waals surface area contributed by atoms with Gasteiger partial charge in [0.05, 0.1) is 7.11 Å². The van der Waals surface area contributed by atoms with E-state index in [1.165, 1.54) is 4.90 Å². The molecule has 0 spiro atoms. The van der Waals surface area contributed by atoms with Gasteiger partial charge in [-0.3, -0.25) is 4.90 Å². The normalized spacial score (nSPS) is 19.2. The van der Waals surface area contributed by atoms with Crippen molar-refractivity contribution in [2.75, 3.05) is 20.2 Å². The van der Waals surface area contributed by atoms with Gasteiger partial charge in [-0.15, -0.1) is 11.8 Å². The first kappa shape index (κ1) is 11.8. The van der Waals surface area contributed by atoms with Crippen molar-refractivity contribution in [1.29, 1.82) is 0 Å². The average molecular weight is 239 g/mol. The van der Waals surface area contributed by atoms with Crippen molar-refractivity contribution >= 4 is 11.8 Å². The van der Waals surface area contributed by atoms with Gasteiger partial charge in [-0.25, -0.2) is 0 Å². The van der Waals surface area contributed by atoms with E-state index in [0.29, 0.717) is 5.25 Å². The molecule has 1 aromatic carbocycles. The number of rotatable bonds is 4. The van der Waals surface area contributed by atoms with Crippen molar-refractivity contribution in [2.24, 2.45) is 0 Å². The second-order valence-electron chi connectivity index (χ2n) is 4.00. The predicted octanol–water partition coefficient (Wildman–Crippen LogP) is 1.81. The molecule has 0 aliphatic carbocycles. The average Bonchev–Trinajstić information content (AvgIpc) is 2.23. The van der Waals surface area contributed by atoms with E-state index < -0.39 is 0 Å². The first-order valence-corrected chi connectivity index (χ1v) is 6.30. The lowest BCUT2D eigenvalue weighted by Gasteiger charge is -2.40. The van der Waals surface area contributed by atoms with Crippen molar-refractivity contribution in [1.82, 2.24) is 4.90 Å². The molecule has 0 amide bonds. The first-order chi connectivity index (χ1) is 7.69. The van der Waals surface area contributed by atoms with E-state index in [1.54, 1.807) is 7.11 Å². The minimum Gasteiger partial charge on any atom is -0.497 e. The molecule has 3 nitrogen and oxygen atoms in total. The molecule has 1 heterocycles. The Balaban J connectivity index is 1.82. The Labute approximate surface area is 100 Å².